The van der Waals surface area contributed by atoms with Gasteiger partial charge in [0.05, 0.1) is 9.40 Å². The second-order valence-electron chi connectivity index (χ2n) is 5.13. The predicted octanol–water partition coefficient (Wildman–Crippen LogP) is 3.27. The number of hydrazine groups is 1. The van der Waals surface area contributed by atoms with Crippen molar-refractivity contribution in [2.45, 2.75) is 6.92 Å². The maximum Gasteiger partial charge on any atom is 0.276 e. The van der Waals surface area contributed by atoms with Crippen LogP contribution in [0.1, 0.15) is 15.9 Å². The molecule has 0 fully saturated rings. The number of hydrogen-bond acceptors (Lipinski definition) is 5. The monoisotopic (exact) mass is 485 g/mol. The van der Waals surface area contributed by atoms with Crippen LogP contribution in [0.5, 0.6) is 5.75 Å². The van der Waals surface area contributed by atoms with Crippen LogP contribution < -0.4 is 15.6 Å². The summed E-state index contributed by atoms with van der Waals surface area (Å²) in [7, 11) is 0. The molecule has 0 spiro atoms. The van der Waals surface area contributed by atoms with E-state index in [0.717, 1.165) is 16.1 Å². The van der Waals surface area contributed by atoms with Crippen LogP contribution in [0.15, 0.2) is 45.3 Å². The van der Waals surface area contributed by atoms with Crippen molar-refractivity contribution < 1.29 is 19.2 Å². The van der Waals surface area contributed by atoms with Crippen molar-refractivity contribution >= 4 is 49.4 Å². The topological polar surface area (TPSA) is 111 Å². The Kier molecular flexibility index (Phi) is 6.70. The zero-order valence-electron chi connectivity index (χ0n) is 13.4. The zero-order valence-corrected chi connectivity index (χ0v) is 16.6. The summed E-state index contributed by atoms with van der Waals surface area (Å²) < 4.78 is 6.99. The molecular formula is C16H13Br2N3O5. The molecule has 0 bridgehead atoms. The van der Waals surface area contributed by atoms with Gasteiger partial charge in [-0.2, -0.15) is 0 Å². The number of carbonyl (C=O) groups is 2. The summed E-state index contributed by atoms with van der Waals surface area (Å²) >= 11 is 6.70. The molecule has 2 N–H and O–H groups in total. The molecule has 0 aliphatic heterocycles. The van der Waals surface area contributed by atoms with E-state index in [1.807, 2.05) is 13.0 Å². The lowest BCUT2D eigenvalue weighted by molar-refractivity contribution is -0.384. The van der Waals surface area contributed by atoms with Gasteiger partial charge >= 0.3 is 0 Å². The van der Waals surface area contributed by atoms with Gasteiger partial charge in [0.25, 0.3) is 17.5 Å². The van der Waals surface area contributed by atoms with E-state index in [2.05, 4.69) is 42.7 Å². The molecule has 0 aliphatic rings. The van der Waals surface area contributed by atoms with Crippen LogP contribution in [-0.2, 0) is 4.79 Å². The normalized spacial score (nSPS) is 10.1. The van der Waals surface area contributed by atoms with E-state index in [1.165, 1.54) is 18.2 Å². The summed E-state index contributed by atoms with van der Waals surface area (Å²) in [4.78, 5) is 33.9. The average Bonchev–Trinajstić information content (AvgIpc) is 2.58. The molecule has 0 radical (unpaired) electrons. The van der Waals surface area contributed by atoms with Crippen LogP contribution in [0.4, 0.5) is 5.69 Å². The smallest absolute Gasteiger partial charge is 0.276 e. The third kappa shape index (κ3) is 5.27. The maximum absolute atomic E-state index is 11.9. The third-order valence-electron chi connectivity index (χ3n) is 3.18. The molecule has 2 aromatic carbocycles. The number of aryl methyl sites for hydroxylation is 1. The quantitative estimate of drug-likeness (QED) is 0.497. The van der Waals surface area contributed by atoms with E-state index in [0.29, 0.717) is 10.2 Å². The van der Waals surface area contributed by atoms with Crippen LogP contribution in [0.25, 0.3) is 0 Å². The molecule has 26 heavy (non-hydrogen) atoms. The lowest BCUT2D eigenvalue weighted by atomic mass is 10.2. The summed E-state index contributed by atoms with van der Waals surface area (Å²) in [6, 6.07) is 8.77. The molecule has 10 heteroatoms. The van der Waals surface area contributed by atoms with Gasteiger partial charge in [-0.15, -0.1) is 0 Å². The number of benzene rings is 2. The Morgan fingerprint density at radius 2 is 1.92 bits per heavy atom. The molecule has 0 heterocycles. The average molecular weight is 487 g/mol. The first-order valence-electron chi connectivity index (χ1n) is 7.20. The van der Waals surface area contributed by atoms with E-state index >= 15 is 0 Å². The largest absolute Gasteiger partial charge is 0.482 e. The number of non-ortho nitro benzene ring substituents is 1. The lowest BCUT2D eigenvalue weighted by Crippen LogP contribution is -2.43. The van der Waals surface area contributed by atoms with Gasteiger partial charge in [0.2, 0.25) is 0 Å². The third-order valence-corrected chi connectivity index (χ3v) is 4.22. The predicted molar refractivity (Wildman–Crippen MR) is 101 cm³/mol. The van der Waals surface area contributed by atoms with Crippen LogP contribution in [0.2, 0.25) is 0 Å². The molecule has 0 saturated heterocycles. The number of halogens is 2. The van der Waals surface area contributed by atoms with Crippen LogP contribution in [0.3, 0.4) is 0 Å². The zero-order chi connectivity index (χ0) is 19.3. The number of amides is 2. The summed E-state index contributed by atoms with van der Waals surface area (Å²) in [5.74, 6) is -0.755. The molecule has 136 valence electrons. The highest BCUT2D eigenvalue weighted by Gasteiger charge is 2.13. The van der Waals surface area contributed by atoms with Crippen molar-refractivity contribution in [3.63, 3.8) is 0 Å². The second-order valence-corrected chi connectivity index (χ2v) is 6.90. The molecule has 2 amide bonds. The highest BCUT2D eigenvalue weighted by Crippen LogP contribution is 2.32. The Morgan fingerprint density at radius 1 is 1.19 bits per heavy atom. The number of nitro benzene ring substituents is 1. The van der Waals surface area contributed by atoms with Gasteiger partial charge in [-0.1, -0.05) is 22.0 Å². The SMILES string of the molecule is Cc1cc(Br)cc(Br)c1OCC(=O)NNC(=O)c1cccc([N+](=O)[O-])c1. The Hall–Kier alpha value is -2.46. The number of ether oxygens (including phenoxy) is 1. The highest BCUT2D eigenvalue weighted by atomic mass is 79.9. The van der Waals surface area contributed by atoms with Gasteiger partial charge in [-0.05, 0) is 46.6 Å². The number of nitrogens with zero attached hydrogens (tertiary/aromatic N) is 1. The van der Waals surface area contributed by atoms with Crippen LogP contribution in [0, 0.1) is 17.0 Å². The minimum atomic E-state index is -0.678. The van der Waals surface area contributed by atoms with Gasteiger partial charge < -0.3 is 4.74 Å². The van der Waals surface area contributed by atoms with E-state index in [-0.39, 0.29) is 17.9 Å². The molecule has 0 aliphatic carbocycles. The van der Waals surface area contributed by atoms with E-state index in [4.69, 9.17) is 4.74 Å². The Balaban J connectivity index is 1.90. The fraction of sp³-hybridized carbons (Fsp3) is 0.125. The van der Waals surface area contributed by atoms with Gasteiger partial charge in [0.1, 0.15) is 5.75 Å². The van der Waals surface area contributed by atoms with Crippen molar-refractivity contribution in [3.8, 4) is 5.75 Å². The second kappa shape index (κ2) is 8.77. The molecule has 0 aromatic heterocycles. The minimum absolute atomic E-state index is 0.0481. The molecule has 8 nitrogen and oxygen atoms in total. The van der Waals surface area contributed by atoms with Gasteiger partial charge in [0, 0.05) is 22.2 Å². The van der Waals surface area contributed by atoms with Gasteiger partial charge in [-0.3, -0.25) is 30.6 Å². The van der Waals surface area contributed by atoms with Crippen molar-refractivity contribution in [2.24, 2.45) is 0 Å². The maximum atomic E-state index is 11.9. The van der Waals surface area contributed by atoms with Gasteiger partial charge in [-0.25, -0.2) is 0 Å². The molecule has 2 aromatic rings. The summed E-state index contributed by atoms with van der Waals surface area (Å²) in [6.45, 7) is 1.50. The number of rotatable bonds is 5. The Morgan fingerprint density at radius 3 is 2.58 bits per heavy atom. The number of carbonyl (C=O) groups excluding carboxylic acids is 2. The minimum Gasteiger partial charge on any atom is -0.482 e. The van der Waals surface area contributed by atoms with E-state index < -0.39 is 16.7 Å². The Labute approximate surface area is 165 Å². The molecule has 0 unspecified atom stereocenters. The van der Waals surface area contributed by atoms with Crippen molar-refractivity contribution in [1.29, 1.82) is 0 Å². The standard InChI is InChI=1S/C16H13Br2N3O5/c1-9-5-11(17)7-13(18)15(9)26-8-14(22)19-20-16(23)10-3-2-4-12(6-10)21(24)25/h2-7H,8H2,1H3,(H,19,22)(H,20,23). The first-order valence-corrected chi connectivity index (χ1v) is 8.78. The summed E-state index contributed by atoms with van der Waals surface area (Å²) in [5, 5.41) is 10.7. The van der Waals surface area contributed by atoms with Crippen molar-refractivity contribution in [1.82, 2.24) is 10.9 Å². The Bertz CT molecular complexity index is 850. The first kappa shape index (κ1) is 19.9. The van der Waals surface area contributed by atoms with Crippen LogP contribution in [-0.4, -0.2) is 23.3 Å². The van der Waals surface area contributed by atoms with Gasteiger partial charge in [0.15, 0.2) is 6.61 Å². The van der Waals surface area contributed by atoms with E-state index in [1.54, 1.807) is 6.07 Å². The molecule has 2 rings (SSSR count). The summed E-state index contributed by atoms with van der Waals surface area (Å²) in [5.41, 5.74) is 5.02. The van der Waals surface area contributed by atoms with Crippen molar-refractivity contribution in [2.75, 3.05) is 6.61 Å². The number of nitro groups is 1. The number of nitrogens with one attached hydrogen (secondary N) is 2. The fourth-order valence-electron chi connectivity index (χ4n) is 2.00. The van der Waals surface area contributed by atoms with Crippen molar-refractivity contribution in [3.05, 3.63) is 66.6 Å². The molecule has 0 saturated carbocycles. The van der Waals surface area contributed by atoms with E-state index in [9.17, 15) is 19.7 Å². The molecule has 0 atom stereocenters. The highest BCUT2D eigenvalue weighted by molar-refractivity contribution is 9.11. The molecular weight excluding hydrogens is 474 g/mol. The summed E-state index contributed by atoms with van der Waals surface area (Å²) in [6.07, 6.45) is 0. The van der Waals surface area contributed by atoms with Crippen LogP contribution >= 0.6 is 31.9 Å². The number of hydrogen-bond donors (Lipinski definition) is 2. The fourth-order valence-corrected chi connectivity index (χ4v) is 3.56. The lowest BCUT2D eigenvalue weighted by Gasteiger charge is -2.12. The first-order chi connectivity index (χ1) is 12.3.